The summed E-state index contributed by atoms with van der Waals surface area (Å²) in [7, 11) is 3.79. The number of benzene rings is 4. The molecule has 4 bridgehead atoms. The van der Waals surface area contributed by atoms with Crippen LogP contribution in [0.2, 0.25) is 0 Å². The van der Waals surface area contributed by atoms with Gasteiger partial charge in [0.25, 0.3) is 0 Å². The first-order chi connectivity index (χ1) is 31.1. The number of carboxylic acid groups (broad SMARTS) is 1. The number of carboxylic acids is 1. The normalized spacial score (nSPS) is 16.2. The summed E-state index contributed by atoms with van der Waals surface area (Å²) in [6.45, 7) is 11.6. The molecule has 4 aromatic carbocycles. The standard InChI is InChI=1S/C50H50FN7O5S/c1-31-32(2)39-15-12-35(31)28-58(24-23-57-21-19-56(3)20-22-57)27-33-9-16-41(62-29-38-17-18-52-47(55-38)40-7-5-6-8-42(40)61-4)36(25-33)26-43(50(59)60)63-48-45-44(39)46(64-49(45)54-30-53-48)34-10-13-37(51)14-11-34/h5-18,25,30,43H,19-24,26-29H2,1-4H3,(H,59,60)/t43-/m1/s1. The summed E-state index contributed by atoms with van der Waals surface area (Å²) < 4.78 is 32.9. The lowest BCUT2D eigenvalue weighted by molar-refractivity contribution is -0.145. The Hall–Kier alpha value is -6.32. The van der Waals surface area contributed by atoms with Crippen LogP contribution in [0.15, 0.2) is 97.5 Å². The number of methoxy groups -OCH3 is 1. The van der Waals surface area contributed by atoms with E-state index < -0.39 is 12.1 Å². The van der Waals surface area contributed by atoms with Crippen LogP contribution >= 0.6 is 11.3 Å². The van der Waals surface area contributed by atoms with Gasteiger partial charge in [0.15, 0.2) is 5.82 Å². The Kier molecular flexibility index (Phi) is 12.6. The van der Waals surface area contributed by atoms with Crippen molar-refractivity contribution in [1.82, 2.24) is 34.6 Å². The molecule has 328 valence electrons. The zero-order valence-corrected chi connectivity index (χ0v) is 37.2. The third-order valence-electron chi connectivity index (χ3n) is 12.4. The van der Waals surface area contributed by atoms with Gasteiger partial charge < -0.3 is 24.2 Å². The fourth-order valence-corrected chi connectivity index (χ4v) is 9.73. The number of hydrogen-bond acceptors (Lipinski definition) is 12. The van der Waals surface area contributed by atoms with Gasteiger partial charge in [-0.1, -0.05) is 48.5 Å². The predicted molar refractivity (Wildman–Crippen MR) is 246 cm³/mol. The molecule has 0 unspecified atom stereocenters. The lowest BCUT2D eigenvalue weighted by Crippen LogP contribution is -2.46. The average molecular weight is 880 g/mol. The number of para-hydroxylation sites is 1. The Balaban J connectivity index is 1.14. The van der Waals surface area contributed by atoms with Crippen molar-refractivity contribution in [1.29, 1.82) is 0 Å². The summed E-state index contributed by atoms with van der Waals surface area (Å²) in [6.07, 6.45) is 1.73. The van der Waals surface area contributed by atoms with Gasteiger partial charge in [0, 0.05) is 75.4 Å². The minimum Gasteiger partial charge on any atom is -0.496 e. The largest absolute Gasteiger partial charge is 0.496 e. The van der Waals surface area contributed by atoms with Crippen LogP contribution < -0.4 is 14.2 Å². The van der Waals surface area contributed by atoms with Crippen molar-refractivity contribution < 1.29 is 28.5 Å². The number of rotatable bonds is 10. The number of thiophene rings is 1. The number of halogens is 1. The Labute approximate surface area is 375 Å². The number of piperazine rings is 1. The number of fused-ring (bicyclic) bond motifs is 6. The summed E-state index contributed by atoms with van der Waals surface area (Å²) in [5, 5.41) is 11.5. The second kappa shape index (κ2) is 18.8. The monoisotopic (exact) mass is 879 g/mol. The Morgan fingerprint density at radius 1 is 0.859 bits per heavy atom. The molecule has 3 aliphatic heterocycles. The summed E-state index contributed by atoms with van der Waals surface area (Å²) in [5.74, 6) is 0.350. The maximum Gasteiger partial charge on any atom is 0.345 e. The second-order valence-electron chi connectivity index (χ2n) is 16.5. The summed E-state index contributed by atoms with van der Waals surface area (Å²) in [4.78, 5) is 40.7. The van der Waals surface area contributed by atoms with Crippen molar-refractivity contribution in [2.24, 2.45) is 0 Å². The molecule has 12 nitrogen and oxygen atoms in total. The first-order valence-electron chi connectivity index (χ1n) is 21.5. The zero-order chi connectivity index (χ0) is 44.3. The molecular weight excluding hydrogens is 830 g/mol. The van der Waals surface area contributed by atoms with Gasteiger partial charge in [-0.3, -0.25) is 9.80 Å². The first kappa shape index (κ1) is 43.0. The molecule has 1 atom stereocenters. The summed E-state index contributed by atoms with van der Waals surface area (Å²) in [6, 6.07) is 26.2. The molecule has 0 amide bonds. The molecule has 3 aromatic heterocycles. The molecule has 3 aliphatic rings. The van der Waals surface area contributed by atoms with Crippen LogP contribution in [0.25, 0.3) is 43.2 Å². The fourth-order valence-electron chi connectivity index (χ4n) is 8.58. The summed E-state index contributed by atoms with van der Waals surface area (Å²) >= 11 is 1.44. The first-order valence-corrected chi connectivity index (χ1v) is 22.3. The Bertz CT molecular complexity index is 2810. The molecule has 10 rings (SSSR count). The lowest BCUT2D eigenvalue weighted by Gasteiger charge is -2.34. The predicted octanol–water partition coefficient (Wildman–Crippen LogP) is 8.46. The molecule has 0 aliphatic carbocycles. The van der Waals surface area contributed by atoms with Crippen LogP contribution in [0.4, 0.5) is 4.39 Å². The quantitative estimate of drug-likeness (QED) is 0.142. The highest BCUT2D eigenvalue weighted by atomic mass is 32.1. The van der Waals surface area contributed by atoms with Crippen molar-refractivity contribution in [2.75, 3.05) is 53.4 Å². The second-order valence-corrected chi connectivity index (χ2v) is 17.5. The summed E-state index contributed by atoms with van der Waals surface area (Å²) in [5.41, 5.74) is 9.13. The molecule has 7 aromatic rings. The van der Waals surface area contributed by atoms with E-state index in [0.29, 0.717) is 51.9 Å². The van der Waals surface area contributed by atoms with Gasteiger partial charge in [0.05, 0.1) is 23.8 Å². The van der Waals surface area contributed by atoms with E-state index in [1.807, 2.05) is 36.4 Å². The van der Waals surface area contributed by atoms with Crippen LogP contribution in [-0.2, 0) is 30.9 Å². The van der Waals surface area contributed by atoms with Gasteiger partial charge in [-0.2, -0.15) is 0 Å². The van der Waals surface area contributed by atoms with E-state index in [4.69, 9.17) is 19.2 Å². The molecular formula is C50H50FN7O5S. The van der Waals surface area contributed by atoms with Gasteiger partial charge >= 0.3 is 5.97 Å². The van der Waals surface area contributed by atoms with Gasteiger partial charge in [-0.05, 0) is 96.2 Å². The number of ether oxygens (including phenoxy) is 3. The zero-order valence-electron chi connectivity index (χ0n) is 36.4. The van der Waals surface area contributed by atoms with Crippen LogP contribution in [0, 0.1) is 19.7 Å². The van der Waals surface area contributed by atoms with E-state index in [0.717, 1.165) is 83.1 Å². The van der Waals surface area contributed by atoms with Crippen molar-refractivity contribution >= 4 is 27.5 Å². The minimum atomic E-state index is -1.35. The van der Waals surface area contributed by atoms with Crippen molar-refractivity contribution in [2.45, 2.75) is 46.1 Å². The van der Waals surface area contributed by atoms with Crippen molar-refractivity contribution in [3.63, 3.8) is 0 Å². The van der Waals surface area contributed by atoms with E-state index in [-0.39, 0.29) is 24.7 Å². The van der Waals surface area contributed by atoms with Gasteiger partial charge in [-0.15, -0.1) is 11.3 Å². The number of aromatic nitrogens is 4. The number of likely N-dealkylation sites (N-methyl/N-ethyl adjacent to an activating group) is 1. The minimum absolute atomic E-state index is 0.0162. The van der Waals surface area contributed by atoms with E-state index >= 15 is 0 Å². The Morgan fingerprint density at radius 3 is 2.45 bits per heavy atom. The maximum absolute atomic E-state index is 14.3. The molecule has 0 spiro atoms. The number of aliphatic carboxylic acids is 1. The Morgan fingerprint density at radius 2 is 1.66 bits per heavy atom. The molecule has 1 N–H and O–H groups in total. The highest BCUT2D eigenvalue weighted by Gasteiger charge is 2.29. The molecule has 0 radical (unpaired) electrons. The van der Waals surface area contributed by atoms with Gasteiger partial charge in [0.2, 0.25) is 12.0 Å². The van der Waals surface area contributed by atoms with Gasteiger partial charge in [-0.25, -0.2) is 29.1 Å². The van der Waals surface area contributed by atoms with E-state index in [9.17, 15) is 14.3 Å². The molecule has 14 heteroatoms. The van der Waals surface area contributed by atoms with E-state index in [1.54, 1.807) is 31.5 Å². The smallest absolute Gasteiger partial charge is 0.345 e. The number of nitrogens with zero attached hydrogens (tertiary/aromatic N) is 7. The SMILES string of the molecule is COc1ccccc1-c1nccc(COc2ccc3cc2C[C@H](C(=O)O)Oc2ncnc4sc(-c5ccc(F)cc5)c(c24)-c2ccc(c(C)c2C)CN(CCN2CCN(C)CC2)C3)n1. The fraction of sp³-hybridized carbons (Fsp3) is 0.300. The van der Waals surface area contributed by atoms with Crippen LogP contribution in [0.1, 0.15) is 33.5 Å². The van der Waals surface area contributed by atoms with Crippen molar-refractivity contribution in [3.05, 3.63) is 137 Å². The molecule has 6 heterocycles. The number of hydrogen-bond donors (Lipinski definition) is 1. The third-order valence-corrected chi connectivity index (χ3v) is 13.5. The van der Waals surface area contributed by atoms with Crippen LogP contribution in [-0.4, -0.2) is 105 Å². The average Bonchev–Trinajstić information content (AvgIpc) is 3.70. The highest BCUT2D eigenvalue weighted by molar-refractivity contribution is 7.22. The molecule has 1 fully saturated rings. The van der Waals surface area contributed by atoms with Crippen LogP contribution in [0.5, 0.6) is 17.4 Å². The third kappa shape index (κ3) is 9.18. The van der Waals surface area contributed by atoms with Gasteiger partial charge in [0.1, 0.15) is 35.1 Å². The maximum atomic E-state index is 14.3. The van der Waals surface area contributed by atoms with E-state index in [2.05, 4.69) is 68.7 Å². The highest BCUT2D eigenvalue weighted by Crippen LogP contribution is 2.48. The number of carbonyl (C=O) groups is 1. The topological polar surface area (TPSA) is 126 Å². The molecule has 64 heavy (non-hydrogen) atoms. The van der Waals surface area contributed by atoms with Crippen molar-refractivity contribution in [3.8, 4) is 50.3 Å². The lowest BCUT2D eigenvalue weighted by atomic mass is 9.91. The molecule has 0 saturated carbocycles. The van der Waals surface area contributed by atoms with E-state index in [1.165, 1.54) is 35.4 Å². The van der Waals surface area contributed by atoms with Crippen LogP contribution in [0.3, 0.4) is 0 Å². The molecule has 1 saturated heterocycles.